The molecule has 4 fully saturated rings. The van der Waals surface area contributed by atoms with Gasteiger partial charge in [-0.05, 0) is 50.1 Å². The van der Waals surface area contributed by atoms with Gasteiger partial charge in [0.15, 0.2) is 0 Å². The number of aromatic nitrogens is 2. The molecule has 3 saturated heterocycles. The SMILES string of the molecule is O=C(c1cnn(CC2CC2)c1)N1CC2(CCNCC2)[C@H]2COC[C@H]21. The van der Waals surface area contributed by atoms with Gasteiger partial charge in [-0.15, -0.1) is 0 Å². The maximum Gasteiger partial charge on any atom is 0.257 e. The first kappa shape index (κ1) is 14.9. The zero-order valence-electron chi connectivity index (χ0n) is 14.1. The quantitative estimate of drug-likeness (QED) is 0.903. The minimum absolute atomic E-state index is 0.146. The van der Waals surface area contributed by atoms with Gasteiger partial charge in [-0.3, -0.25) is 9.48 Å². The van der Waals surface area contributed by atoms with E-state index in [-0.39, 0.29) is 17.4 Å². The molecule has 1 aromatic heterocycles. The predicted octanol–water partition coefficient (Wildman–Crippen LogP) is 1.13. The van der Waals surface area contributed by atoms with Crippen LogP contribution in [0.1, 0.15) is 36.0 Å². The van der Waals surface area contributed by atoms with Crippen LogP contribution in [0.15, 0.2) is 12.4 Å². The van der Waals surface area contributed by atoms with Gasteiger partial charge < -0.3 is 15.0 Å². The van der Waals surface area contributed by atoms with Crippen molar-refractivity contribution in [2.24, 2.45) is 17.3 Å². The lowest BCUT2D eigenvalue weighted by molar-refractivity contribution is 0.0607. The Morgan fingerprint density at radius 2 is 2.17 bits per heavy atom. The molecule has 0 unspecified atom stereocenters. The van der Waals surface area contributed by atoms with Crippen LogP contribution in [-0.4, -0.2) is 59.5 Å². The largest absolute Gasteiger partial charge is 0.379 e. The molecule has 1 saturated carbocycles. The van der Waals surface area contributed by atoms with Crippen LogP contribution in [0.4, 0.5) is 0 Å². The number of hydrogen-bond donors (Lipinski definition) is 1. The van der Waals surface area contributed by atoms with E-state index in [1.165, 1.54) is 12.8 Å². The standard InChI is InChI=1S/C18H26N4O2/c23-17(14-7-20-21(9-14)8-13-1-2-13)22-12-18(3-5-19-6-4-18)15-10-24-11-16(15)22/h7,9,13,15-16,19H,1-6,8,10-12H2/t15-,16+/m0/s1. The zero-order valence-corrected chi connectivity index (χ0v) is 14.1. The molecule has 1 aliphatic carbocycles. The number of carbonyl (C=O) groups excluding carboxylic acids is 1. The lowest BCUT2D eigenvalue weighted by Gasteiger charge is -2.37. The second-order valence-electron chi connectivity index (χ2n) is 8.15. The Labute approximate surface area is 142 Å². The highest BCUT2D eigenvalue weighted by molar-refractivity contribution is 5.94. The van der Waals surface area contributed by atoms with Gasteiger partial charge in [0.2, 0.25) is 0 Å². The molecule has 130 valence electrons. The van der Waals surface area contributed by atoms with Gasteiger partial charge in [0.1, 0.15) is 0 Å². The van der Waals surface area contributed by atoms with Gasteiger partial charge in [-0.2, -0.15) is 5.10 Å². The summed E-state index contributed by atoms with van der Waals surface area (Å²) in [6.07, 6.45) is 8.60. The van der Waals surface area contributed by atoms with Crippen LogP contribution in [0, 0.1) is 17.3 Å². The summed E-state index contributed by atoms with van der Waals surface area (Å²) < 4.78 is 7.73. The molecular formula is C18H26N4O2. The van der Waals surface area contributed by atoms with Crippen molar-refractivity contribution >= 4 is 5.91 Å². The summed E-state index contributed by atoms with van der Waals surface area (Å²) in [5.74, 6) is 1.42. The van der Waals surface area contributed by atoms with Crippen molar-refractivity contribution in [2.75, 3.05) is 32.8 Å². The molecule has 4 heterocycles. The van der Waals surface area contributed by atoms with E-state index in [1.807, 2.05) is 10.9 Å². The van der Waals surface area contributed by atoms with E-state index in [1.54, 1.807) is 6.20 Å². The minimum Gasteiger partial charge on any atom is -0.379 e. The van der Waals surface area contributed by atoms with Crippen molar-refractivity contribution in [1.29, 1.82) is 0 Å². The van der Waals surface area contributed by atoms with Gasteiger partial charge in [-0.1, -0.05) is 0 Å². The van der Waals surface area contributed by atoms with Crippen LogP contribution in [0.5, 0.6) is 0 Å². The molecule has 5 rings (SSSR count). The molecule has 3 aliphatic heterocycles. The zero-order chi connectivity index (χ0) is 16.1. The third kappa shape index (κ3) is 2.39. The Morgan fingerprint density at radius 3 is 2.96 bits per heavy atom. The van der Waals surface area contributed by atoms with Gasteiger partial charge in [0, 0.05) is 25.2 Å². The summed E-state index contributed by atoms with van der Waals surface area (Å²) in [6.45, 7) is 5.48. The molecule has 2 atom stereocenters. The van der Waals surface area contributed by atoms with Crippen molar-refractivity contribution in [2.45, 2.75) is 38.3 Å². The molecule has 0 aromatic carbocycles. The molecule has 1 spiro atoms. The lowest BCUT2D eigenvalue weighted by Crippen LogP contribution is -2.43. The lowest BCUT2D eigenvalue weighted by atomic mass is 9.70. The highest BCUT2D eigenvalue weighted by atomic mass is 16.5. The first-order valence-corrected chi connectivity index (χ1v) is 9.37. The number of fused-ring (bicyclic) bond motifs is 2. The number of nitrogens with zero attached hydrogens (tertiary/aromatic N) is 3. The maximum absolute atomic E-state index is 13.1. The first-order valence-electron chi connectivity index (χ1n) is 9.37. The molecule has 0 bridgehead atoms. The van der Waals surface area contributed by atoms with Crippen molar-refractivity contribution in [3.63, 3.8) is 0 Å². The Balaban J connectivity index is 1.37. The number of piperidine rings is 1. The van der Waals surface area contributed by atoms with Gasteiger partial charge in [-0.25, -0.2) is 0 Å². The normalized spacial score (nSPS) is 31.6. The third-order valence-electron chi connectivity index (χ3n) is 6.61. The molecule has 1 N–H and O–H groups in total. The molecule has 1 amide bonds. The predicted molar refractivity (Wildman–Crippen MR) is 88.6 cm³/mol. The van der Waals surface area contributed by atoms with Crippen molar-refractivity contribution in [3.8, 4) is 0 Å². The van der Waals surface area contributed by atoms with E-state index in [0.717, 1.165) is 57.1 Å². The van der Waals surface area contributed by atoms with Crippen molar-refractivity contribution in [1.82, 2.24) is 20.0 Å². The molecule has 6 heteroatoms. The van der Waals surface area contributed by atoms with E-state index in [9.17, 15) is 4.79 Å². The van der Waals surface area contributed by atoms with Gasteiger partial charge in [0.25, 0.3) is 5.91 Å². The van der Waals surface area contributed by atoms with Gasteiger partial charge >= 0.3 is 0 Å². The fourth-order valence-corrected chi connectivity index (χ4v) is 4.99. The Kier molecular flexibility index (Phi) is 3.45. The average molecular weight is 330 g/mol. The Bertz CT molecular complexity index is 633. The summed E-state index contributed by atoms with van der Waals surface area (Å²) in [7, 11) is 0. The summed E-state index contributed by atoms with van der Waals surface area (Å²) in [5.41, 5.74) is 0.999. The van der Waals surface area contributed by atoms with E-state index in [0.29, 0.717) is 12.5 Å². The highest BCUT2D eigenvalue weighted by Crippen LogP contribution is 2.49. The number of carbonyl (C=O) groups is 1. The summed E-state index contributed by atoms with van der Waals surface area (Å²) in [6, 6.07) is 0.252. The number of amides is 1. The number of rotatable bonds is 3. The average Bonchev–Trinajstić information content (AvgIpc) is 3.02. The smallest absolute Gasteiger partial charge is 0.257 e. The number of likely N-dealkylation sites (tertiary alicyclic amines) is 1. The highest BCUT2D eigenvalue weighted by Gasteiger charge is 2.56. The molecule has 0 radical (unpaired) electrons. The van der Waals surface area contributed by atoms with Crippen LogP contribution in [0.25, 0.3) is 0 Å². The van der Waals surface area contributed by atoms with E-state index in [2.05, 4.69) is 15.3 Å². The summed E-state index contributed by atoms with van der Waals surface area (Å²) in [4.78, 5) is 15.2. The third-order valence-corrected chi connectivity index (χ3v) is 6.61. The minimum atomic E-state index is 0.146. The van der Waals surface area contributed by atoms with Gasteiger partial charge in [0.05, 0.1) is 31.0 Å². The summed E-state index contributed by atoms with van der Waals surface area (Å²) in [5, 5.41) is 7.87. The number of nitrogens with one attached hydrogen (secondary N) is 1. The maximum atomic E-state index is 13.1. The fraction of sp³-hybridized carbons (Fsp3) is 0.778. The number of hydrogen-bond acceptors (Lipinski definition) is 4. The fourth-order valence-electron chi connectivity index (χ4n) is 4.99. The molecule has 4 aliphatic rings. The van der Waals surface area contributed by atoms with Crippen LogP contribution < -0.4 is 5.32 Å². The van der Waals surface area contributed by atoms with Crippen LogP contribution in [0.3, 0.4) is 0 Å². The van der Waals surface area contributed by atoms with E-state index >= 15 is 0 Å². The molecule has 6 nitrogen and oxygen atoms in total. The summed E-state index contributed by atoms with van der Waals surface area (Å²) >= 11 is 0. The Hall–Kier alpha value is -1.40. The topological polar surface area (TPSA) is 59.4 Å². The number of ether oxygens (including phenoxy) is 1. The second kappa shape index (κ2) is 5.56. The molecule has 24 heavy (non-hydrogen) atoms. The monoisotopic (exact) mass is 330 g/mol. The van der Waals surface area contributed by atoms with Crippen LogP contribution >= 0.6 is 0 Å². The first-order chi connectivity index (χ1) is 11.8. The second-order valence-corrected chi connectivity index (χ2v) is 8.15. The van der Waals surface area contributed by atoms with Crippen molar-refractivity contribution < 1.29 is 9.53 Å². The van der Waals surface area contributed by atoms with Crippen LogP contribution in [-0.2, 0) is 11.3 Å². The van der Waals surface area contributed by atoms with E-state index < -0.39 is 0 Å². The Morgan fingerprint density at radius 1 is 1.33 bits per heavy atom. The molecule has 1 aromatic rings. The van der Waals surface area contributed by atoms with Crippen molar-refractivity contribution in [3.05, 3.63) is 18.0 Å². The molecular weight excluding hydrogens is 304 g/mol. The van der Waals surface area contributed by atoms with E-state index in [4.69, 9.17) is 4.74 Å². The van der Waals surface area contributed by atoms with Crippen LogP contribution in [0.2, 0.25) is 0 Å².